The maximum atomic E-state index is 11.4. The van der Waals surface area contributed by atoms with Gasteiger partial charge in [-0.25, -0.2) is 9.97 Å². The van der Waals surface area contributed by atoms with Crippen molar-refractivity contribution in [1.29, 1.82) is 0 Å². The summed E-state index contributed by atoms with van der Waals surface area (Å²) < 4.78 is 0. The summed E-state index contributed by atoms with van der Waals surface area (Å²) in [6.07, 6.45) is 1.93. The predicted octanol–water partition coefficient (Wildman–Crippen LogP) is 5.15. The molecular weight excluding hydrogens is 396 g/mol. The Bertz CT molecular complexity index is 1250. The quantitative estimate of drug-likeness (QED) is 0.473. The summed E-state index contributed by atoms with van der Waals surface area (Å²) in [6.45, 7) is 0. The van der Waals surface area contributed by atoms with Crippen LogP contribution in [-0.2, 0) is 5.54 Å². The van der Waals surface area contributed by atoms with Crippen molar-refractivity contribution in [3.63, 3.8) is 0 Å². The standard InChI is InChI=1S/C24H19ClN4O/c25-18-10-11-20-19(14-18)21(15-4-2-1-3-5-15)28-23(27-20)29-24(12-13-24)17-8-6-16(7-9-17)22(26)30/h1-11,14H,12-13H2,(H2,26,30)(H,27,28,29). The lowest BCUT2D eigenvalue weighted by molar-refractivity contribution is 0.100. The zero-order valence-corrected chi connectivity index (χ0v) is 16.9. The molecular formula is C24H19ClN4O. The predicted molar refractivity (Wildman–Crippen MR) is 119 cm³/mol. The fraction of sp³-hybridized carbons (Fsp3) is 0.125. The third-order valence-corrected chi connectivity index (χ3v) is 5.76. The Morgan fingerprint density at radius 3 is 2.37 bits per heavy atom. The molecule has 5 nitrogen and oxygen atoms in total. The van der Waals surface area contributed by atoms with Gasteiger partial charge in [0.1, 0.15) is 0 Å². The van der Waals surface area contributed by atoms with Gasteiger partial charge in [-0.05, 0) is 48.7 Å². The van der Waals surface area contributed by atoms with E-state index in [2.05, 4.69) is 5.32 Å². The number of hydrogen-bond donors (Lipinski definition) is 2. The van der Waals surface area contributed by atoms with Gasteiger partial charge < -0.3 is 11.1 Å². The molecule has 1 fully saturated rings. The van der Waals surface area contributed by atoms with Gasteiger partial charge in [0, 0.05) is 21.5 Å². The van der Waals surface area contributed by atoms with E-state index in [4.69, 9.17) is 27.3 Å². The molecule has 1 heterocycles. The van der Waals surface area contributed by atoms with Crippen LogP contribution in [0, 0.1) is 0 Å². The normalized spacial score (nSPS) is 14.4. The zero-order chi connectivity index (χ0) is 20.7. The van der Waals surface area contributed by atoms with Crippen LogP contribution >= 0.6 is 11.6 Å². The third kappa shape index (κ3) is 3.37. The molecule has 0 unspecified atom stereocenters. The minimum atomic E-state index is -0.427. The summed E-state index contributed by atoms with van der Waals surface area (Å²) in [5, 5.41) is 5.10. The van der Waals surface area contributed by atoms with Gasteiger partial charge in [0.15, 0.2) is 0 Å². The molecule has 30 heavy (non-hydrogen) atoms. The zero-order valence-electron chi connectivity index (χ0n) is 16.1. The molecule has 5 rings (SSSR count). The van der Waals surface area contributed by atoms with E-state index in [1.54, 1.807) is 12.1 Å². The molecule has 4 aromatic rings. The second kappa shape index (κ2) is 7.11. The molecule has 0 atom stereocenters. The Kier molecular flexibility index (Phi) is 4.40. The smallest absolute Gasteiger partial charge is 0.248 e. The van der Waals surface area contributed by atoms with E-state index in [-0.39, 0.29) is 5.54 Å². The number of nitrogens with zero attached hydrogens (tertiary/aromatic N) is 2. The number of carbonyl (C=O) groups is 1. The Labute approximate surface area is 178 Å². The molecule has 0 spiro atoms. The average Bonchev–Trinajstić information content (AvgIpc) is 3.55. The van der Waals surface area contributed by atoms with E-state index >= 15 is 0 Å². The minimum absolute atomic E-state index is 0.232. The van der Waals surface area contributed by atoms with E-state index < -0.39 is 5.91 Å². The second-order valence-electron chi connectivity index (χ2n) is 7.57. The van der Waals surface area contributed by atoms with E-state index in [1.807, 2.05) is 60.7 Å². The van der Waals surface area contributed by atoms with Crippen molar-refractivity contribution in [3.05, 3.63) is 88.9 Å². The molecule has 1 aliphatic rings. The summed E-state index contributed by atoms with van der Waals surface area (Å²) in [5.41, 5.74) is 9.40. The number of fused-ring (bicyclic) bond motifs is 1. The summed E-state index contributed by atoms with van der Waals surface area (Å²) in [6, 6.07) is 23.1. The van der Waals surface area contributed by atoms with Gasteiger partial charge in [-0.3, -0.25) is 4.79 Å². The van der Waals surface area contributed by atoms with Crippen LogP contribution in [-0.4, -0.2) is 15.9 Å². The molecule has 3 aromatic carbocycles. The van der Waals surface area contributed by atoms with Crippen molar-refractivity contribution < 1.29 is 4.79 Å². The molecule has 3 N–H and O–H groups in total. The lowest BCUT2D eigenvalue weighted by atomic mass is 10.0. The summed E-state index contributed by atoms with van der Waals surface area (Å²) in [5.74, 6) is 0.142. The SMILES string of the molecule is NC(=O)c1ccc(C2(Nc3nc(-c4ccccc4)c4cc(Cl)ccc4n3)CC2)cc1. The molecule has 1 aliphatic carbocycles. The summed E-state index contributed by atoms with van der Waals surface area (Å²) in [7, 11) is 0. The maximum absolute atomic E-state index is 11.4. The summed E-state index contributed by atoms with van der Waals surface area (Å²) in [4.78, 5) is 21.0. The number of halogens is 1. The van der Waals surface area contributed by atoms with E-state index in [9.17, 15) is 4.79 Å². The first-order chi connectivity index (χ1) is 14.5. The number of nitrogens with two attached hydrogens (primary N) is 1. The van der Waals surface area contributed by atoms with Gasteiger partial charge in [0.2, 0.25) is 11.9 Å². The number of hydrogen-bond acceptors (Lipinski definition) is 4. The van der Waals surface area contributed by atoms with Crippen molar-refractivity contribution in [3.8, 4) is 11.3 Å². The molecule has 1 saturated carbocycles. The highest BCUT2D eigenvalue weighted by molar-refractivity contribution is 6.31. The lowest BCUT2D eigenvalue weighted by Crippen LogP contribution is -2.21. The Morgan fingerprint density at radius 2 is 1.70 bits per heavy atom. The van der Waals surface area contributed by atoms with Crippen molar-refractivity contribution in [2.45, 2.75) is 18.4 Å². The number of amides is 1. The van der Waals surface area contributed by atoms with Crippen LogP contribution in [0.15, 0.2) is 72.8 Å². The highest BCUT2D eigenvalue weighted by Crippen LogP contribution is 2.48. The molecule has 6 heteroatoms. The number of anilines is 1. The lowest BCUT2D eigenvalue weighted by Gasteiger charge is -2.19. The minimum Gasteiger partial charge on any atom is -0.366 e. The van der Waals surface area contributed by atoms with Crippen molar-refractivity contribution in [2.24, 2.45) is 5.73 Å². The first-order valence-corrected chi connectivity index (χ1v) is 10.1. The largest absolute Gasteiger partial charge is 0.366 e. The second-order valence-corrected chi connectivity index (χ2v) is 8.01. The molecule has 1 amide bonds. The van der Waals surface area contributed by atoms with Crippen molar-refractivity contribution in [1.82, 2.24) is 9.97 Å². The number of aromatic nitrogens is 2. The van der Waals surface area contributed by atoms with Crippen LogP contribution in [0.3, 0.4) is 0 Å². The van der Waals surface area contributed by atoms with Gasteiger partial charge in [-0.1, -0.05) is 54.1 Å². The maximum Gasteiger partial charge on any atom is 0.248 e. The number of benzene rings is 3. The fourth-order valence-corrected chi connectivity index (χ4v) is 3.92. The Balaban J connectivity index is 1.56. The number of primary amides is 1. The first kappa shape index (κ1) is 18.6. The van der Waals surface area contributed by atoms with Crippen molar-refractivity contribution >= 4 is 34.4 Å². The molecule has 0 bridgehead atoms. The monoisotopic (exact) mass is 414 g/mol. The number of nitrogens with one attached hydrogen (secondary N) is 1. The topological polar surface area (TPSA) is 80.9 Å². The fourth-order valence-electron chi connectivity index (χ4n) is 3.75. The van der Waals surface area contributed by atoms with Gasteiger partial charge in [0.25, 0.3) is 0 Å². The molecule has 1 aromatic heterocycles. The van der Waals surface area contributed by atoms with Crippen LogP contribution in [0.4, 0.5) is 5.95 Å². The highest BCUT2D eigenvalue weighted by Gasteiger charge is 2.45. The number of carbonyl (C=O) groups excluding carboxylic acids is 1. The third-order valence-electron chi connectivity index (χ3n) is 5.53. The van der Waals surface area contributed by atoms with Crippen molar-refractivity contribution in [2.75, 3.05) is 5.32 Å². The molecule has 0 aliphatic heterocycles. The van der Waals surface area contributed by atoms with Crippen LogP contribution in [0.2, 0.25) is 5.02 Å². The average molecular weight is 415 g/mol. The first-order valence-electron chi connectivity index (χ1n) is 9.75. The van der Waals surface area contributed by atoms with E-state index in [0.29, 0.717) is 16.5 Å². The Hall–Kier alpha value is -3.44. The van der Waals surface area contributed by atoms with E-state index in [1.165, 1.54) is 0 Å². The summed E-state index contributed by atoms with van der Waals surface area (Å²) >= 11 is 6.25. The molecule has 0 saturated heterocycles. The van der Waals surface area contributed by atoms with Gasteiger partial charge >= 0.3 is 0 Å². The van der Waals surface area contributed by atoms with Crippen LogP contribution in [0.5, 0.6) is 0 Å². The van der Waals surface area contributed by atoms with Gasteiger partial charge in [-0.2, -0.15) is 0 Å². The Morgan fingerprint density at radius 1 is 0.967 bits per heavy atom. The van der Waals surface area contributed by atoms with Crippen LogP contribution < -0.4 is 11.1 Å². The molecule has 148 valence electrons. The van der Waals surface area contributed by atoms with E-state index in [0.717, 1.165) is 40.6 Å². The highest BCUT2D eigenvalue weighted by atomic mass is 35.5. The van der Waals surface area contributed by atoms with Gasteiger partial charge in [-0.15, -0.1) is 0 Å². The van der Waals surface area contributed by atoms with Gasteiger partial charge in [0.05, 0.1) is 16.7 Å². The van der Waals surface area contributed by atoms with Crippen LogP contribution in [0.25, 0.3) is 22.2 Å². The molecule has 0 radical (unpaired) electrons. The number of rotatable bonds is 5. The van der Waals surface area contributed by atoms with Crippen LogP contribution in [0.1, 0.15) is 28.8 Å².